The van der Waals surface area contributed by atoms with Crippen molar-refractivity contribution >= 4 is 11.8 Å². The number of hydrogen-bond acceptors (Lipinski definition) is 3. The summed E-state index contributed by atoms with van der Waals surface area (Å²) in [7, 11) is 1.65. The summed E-state index contributed by atoms with van der Waals surface area (Å²) in [5, 5.41) is 0. The van der Waals surface area contributed by atoms with E-state index in [0.29, 0.717) is 31.7 Å². The van der Waals surface area contributed by atoms with Crippen LogP contribution < -0.4 is 4.74 Å². The predicted molar refractivity (Wildman–Crippen MR) is 174 cm³/mol. The molecule has 0 N–H and O–H groups in total. The molecule has 2 heterocycles. The minimum absolute atomic E-state index is 0.0158. The molecule has 6 nitrogen and oxygen atoms in total. The van der Waals surface area contributed by atoms with Crippen molar-refractivity contribution in [2.75, 3.05) is 33.3 Å². The highest BCUT2D eigenvalue weighted by Crippen LogP contribution is 2.32. The van der Waals surface area contributed by atoms with Crippen LogP contribution in [0.2, 0.25) is 0 Å². The Morgan fingerprint density at radius 3 is 1.77 bits per heavy atom. The monoisotopic (exact) mass is 583 g/mol. The van der Waals surface area contributed by atoms with Gasteiger partial charge in [-0.05, 0) is 73.0 Å². The van der Waals surface area contributed by atoms with Crippen LogP contribution in [0, 0.1) is 13.8 Å². The summed E-state index contributed by atoms with van der Waals surface area (Å²) < 4.78 is 7.53. The average molecular weight is 584 g/mol. The van der Waals surface area contributed by atoms with Crippen LogP contribution in [-0.4, -0.2) is 59.5 Å². The molecule has 5 aromatic rings. The van der Waals surface area contributed by atoms with Gasteiger partial charge in [-0.25, -0.2) is 0 Å². The maximum Gasteiger partial charge on any atom is 0.255 e. The van der Waals surface area contributed by atoms with Gasteiger partial charge >= 0.3 is 0 Å². The lowest BCUT2D eigenvalue weighted by molar-refractivity contribution is -0.133. The third-order valence-electron chi connectivity index (χ3n) is 8.55. The zero-order valence-corrected chi connectivity index (χ0v) is 25.4. The molecule has 0 radical (unpaired) electrons. The molecule has 6 heteroatoms. The zero-order valence-electron chi connectivity index (χ0n) is 25.4. The van der Waals surface area contributed by atoms with Crippen LogP contribution in [0.25, 0.3) is 16.9 Å². The lowest BCUT2D eigenvalue weighted by Crippen LogP contribution is -2.51. The SMILES string of the molecule is COc1ccc(-c2cc(C(=O)N3CCN(C(=O)C(c4ccccc4)c4ccccc4)CC3)c(C)n2-c2ccc(C)cc2)cc1. The smallest absolute Gasteiger partial charge is 0.255 e. The quantitative estimate of drug-likeness (QED) is 0.210. The van der Waals surface area contributed by atoms with Gasteiger partial charge in [-0.15, -0.1) is 0 Å². The molecule has 0 saturated carbocycles. The molecule has 1 aliphatic rings. The van der Waals surface area contributed by atoms with Crippen molar-refractivity contribution in [1.29, 1.82) is 0 Å². The van der Waals surface area contributed by atoms with E-state index in [0.717, 1.165) is 39.5 Å². The van der Waals surface area contributed by atoms with Gasteiger partial charge in [0.1, 0.15) is 5.75 Å². The van der Waals surface area contributed by atoms with Crippen LogP contribution >= 0.6 is 0 Å². The Morgan fingerprint density at radius 1 is 0.682 bits per heavy atom. The first-order valence-corrected chi connectivity index (χ1v) is 15.1. The number of amides is 2. The van der Waals surface area contributed by atoms with Crippen molar-refractivity contribution in [3.63, 3.8) is 0 Å². The van der Waals surface area contributed by atoms with Gasteiger partial charge in [0.2, 0.25) is 5.91 Å². The molecule has 1 aromatic heterocycles. The highest BCUT2D eigenvalue weighted by molar-refractivity contribution is 5.97. The van der Waals surface area contributed by atoms with E-state index in [1.807, 2.05) is 108 Å². The van der Waals surface area contributed by atoms with Gasteiger partial charge in [0, 0.05) is 37.6 Å². The molecule has 0 atom stereocenters. The fourth-order valence-electron chi connectivity index (χ4n) is 6.08. The van der Waals surface area contributed by atoms with Crippen molar-refractivity contribution in [3.8, 4) is 22.7 Å². The van der Waals surface area contributed by atoms with Gasteiger partial charge in [0.25, 0.3) is 5.91 Å². The Hall–Kier alpha value is -5.10. The molecule has 0 bridgehead atoms. The van der Waals surface area contributed by atoms with Crippen LogP contribution in [0.15, 0.2) is 115 Å². The fourth-order valence-corrected chi connectivity index (χ4v) is 6.08. The molecular formula is C38H37N3O3. The summed E-state index contributed by atoms with van der Waals surface area (Å²) in [6.07, 6.45) is 0. The number of rotatable bonds is 7. The van der Waals surface area contributed by atoms with Crippen molar-refractivity contribution in [2.45, 2.75) is 19.8 Å². The summed E-state index contributed by atoms with van der Waals surface area (Å²) in [6.45, 7) is 6.01. The molecule has 44 heavy (non-hydrogen) atoms. The highest BCUT2D eigenvalue weighted by Gasteiger charge is 2.32. The van der Waals surface area contributed by atoms with Gasteiger partial charge in [0.05, 0.1) is 24.3 Å². The van der Waals surface area contributed by atoms with Crippen LogP contribution in [0.5, 0.6) is 5.75 Å². The molecule has 0 unspecified atom stereocenters. The van der Waals surface area contributed by atoms with Gasteiger partial charge < -0.3 is 19.1 Å². The Balaban J connectivity index is 1.25. The number of hydrogen-bond donors (Lipinski definition) is 0. The largest absolute Gasteiger partial charge is 0.497 e. The Bertz CT molecular complexity index is 1700. The van der Waals surface area contributed by atoms with Gasteiger partial charge in [-0.3, -0.25) is 9.59 Å². The van der Waals surface area contributed by atoms with Gasteiger partial charge in [-0.1, -0.05) is 78.4 Å². The summed E-state index contributed by atoms with van der Waals surface area (Å²) >= 11 is 0. The van der Waals surface area contributed by atoms with Gasteiger partial charge in [0.15, 0.2) is 0 Å². The van der Waals surface area contributed by atoms with E-state index in [4.69, 9.17) is 4.74 Å². The van der Waals surface area contributed by atoms with Crippen LogP contribution in [0.4, 0.5) is 0 Å². The van der Waals surface area contributed by atoms with E-state index < -0.39 is 0 Å². The maximum absolute atomic E-state index is 14.0. The van der Waals surface area contributed by atoms with Gasteiger partial charge in [-0.2, -0.15) is 0 Å². The van der Waals surface area contributed by atoms with Crippen molar-refractivity contribution in [3.05, 3.63) is 143 Å². The lowest BCUT2D eigenvalue weighted by Gasteiger charge is -2.36. The first-order chi connectivity index (χ1) is 21.4. The second-order valence-electron chi connectivity index (χ2n) is 11.3. The number of benzene rings is 4. The highest BCUT2D eigenvalue weighted by atomic mass is 16.5. The summed E-state index contributed by atoms with van der Waals surface area (Å²) in [5.41, 5.74) is 7.62. The van der Waals surface area contributed by atoms with E-state index in [9.17, 15) is 9.59 Å². The molecule has 6 rings (SSSR count). The van der Waals surface area contributed by atoms with Crippen LogP contribution in [-0.2, 0) is 4.79 Å². The third kappa shape index (κ3) is 5.76. The second kappa shape index (κ2) is 12.6. The minimum atomic E-state index is -0.377. The molecule has 0 spiro atoms. The van der Waals surface area contributed by atoms with E-state index in [2.05, 4.69) is 35.8 Å². The fraction of sp³-hybridized carbons (Fsp3) is 0.211. The molecule has 4 aromatic carbocycles. The molecule has 1 saturated heterocycles. The number of aryl methyl sites for hydroxylation is 1. The number of ether oxygens (including phenoxy) is 1. The Labute approximate surface area is 259 Å². The molecular weight excluding hydrogens is 546 g/mol. The summed E-state index contributed by atoms with van der Waals surface area (Å²) in [5.74, 6) is 0.456. The van der Waals surface area contributed by atoms with Crippen LogP contribution in [0.1, 0.15) is 38.7 Å². The first-order valence-electron chi connectivity index (χ1n) is 15.1. The van der Waals surface area contributed by atoms with Crippen molar-refractivity contribution < 1.29 is 14.3 Å². The number of nitrogens with zero attached hydrogens (tertiary/aromatic N) is 3. The van der Waals surface area contributed by atoms with E-state index in [-0.39, 0.29) is 17.7 Å². The number of carbonyl (C=O) groups excluding carboxylic acids is 2. The number of piperazine rings is 1. The third-order valence-corrected chi connectivity index (χ3v) is 8.55. The molecule has 1 fully saturated rings. The molecule has 2 amide bonds. The standard InChI is InChI=1S/C38H37N3O3/c1-27-14-18-32(19-15-27)41-28(2)34(26-35(41)29-16-20-33(44-3)21-17-29)37(42)39-22-24-40(25-23-39)38(43)36(30-10-6-4-7-11-30)31-12-8-5-9-13-31/h4-21,26,36H,22-25H2,1-3H3. The van der Waals surface area contributed by atoms with E-state index in [1.54, 1.807) is 7.11 Å². The normalized spacial score (nSPS) is 13.3. The number of methoxy groups -OCH3 is 1. The second-order valence-corrected chi connectivity index (χ2v) is 11.3. The van der Waals surface area contributed by atoms with Crippen LogP contribution in [0.3, 0.4) is 0 Å². The minimum Gasteiger partial charge on any atom is -0.497 e. The molecule has 0 aliphatic carbocycles. The summed E-state index contributed by atoms with van der Waals surface area (Å²) in [6, 6.07) is 38.1. The number of carbonyl (C=O) groups is 2. The van der Waals surface area contributed by atoms with E-state index >= 15 is 0 Å². The van der Waals surface area contributed by atoms with Crippen molar-refractivity contribution in [2.24, 2.45) is 0 Å². The van der Waals surface area contributed by atoms with E-state index in [1.165, 1.54) is 5.56 Å². The average Bonchev–Trinajstić information content (AvgIpc) is 3.42. The first kappa shape index (κ1) is 29.0. The Kier molecular flexibility index (Phi) is 8.33. The predicted octanol–water partition coefficient (Wildman–Crippen LogP) is 6.89. The topological polar surface area (TPSA) is 54.8 Å². The van der Waals surface area contributed by atoms with Crippen molar-refractivity contribution in [1.82, 2.24) is 14.4 Å². The summed E-state index contributed by atoms with van der Waals surface area (Å²) in [4.78, 5) is 31.8. The number of aromatic nitrogens is 1. The lowest BCUT2D eigenvalue weighted by atomic mass is 9.90. The Morgan fingerprint density at radius 2 is 1.23 bits per heavy atom. The molecule has 1 aliphatic heterocycles. The maximum atomic E-state index is 14.0. The zero-order chi connectivity index (χ0) is 30.6. The molecule has 222 valence electrons.